The number of thiophene rings is 1. The molecule has 0 aliphatic carbocycles. The van der Waals surface area contributed by atoms with Crippen molar-refractivity contribution in [3.63, 3.8) is 0 Å². The molecule has 7 heteroatoms. The molecule has 2 aliphatic heterocycles. The monoisotopic (exact) mass is 398 g/mol. The average molecular weight is 399 g/mol. The van der Waals surface area contributed by atoms with E-state index in [1.54, 1.807) is 17.7 Å². The van der Waals surface area contributed by atoms with E-state index in [-0.39, 0.29) is 5.60 Å². The van der Waals surface area contributed by atoms with Crippen molar-refractivity contribution in [3.8, 4) is 0 Å². The highest BCUT2D eigenvalue weighted by atomic mass is 32.1. The van der Waals surface area contributed by atoms with Crippen LogP contribution in [-0.2, 0) is 22.5 Å². The highest BCUT2D eigenvalue weighted by Crippen LogP contribution is 2.38. The van der Waals surface area contributed by atoms with Gasteiger partial charge >= 0.3 is 0 Å². The number of fused-ring (bicyclic) bond motifs is 4. The number of hydrogen-bond donors (Lipinski definition) is 1. The summed E-state index contributed by atoms with van der Waals surface area (Å²) < 4.78 is 12.9. The summed E-state index contributed by atoms with van der Waals surface area (Å²) in [6.45, 7) is 6.61. The average Bonchev–Trinajstić information content (AvgIpc) is 3.05. The third-order valence-corrected chi connectivity index (χ3v) is 6.75. The first-order chi connectivity index (χ1) is 13.6. The Balaban J connectivity index is 1.43. The first kappa shape index (κ1) is 18.2. The van der Waals surface area contributed by atoms with E-state index in [1.165, 1.54) is 18.4 Å². The fourth-order valence-electron chi connectivity index (χ4n) is 4.10. The normalized spacial score (nSPS) is 21.7. The largest absolute Gasteiger partial charge is 0.378 e. The van der Waals surface area contributed by atoms with Crippen LogP contribution in [0.3, 0.4) is 0 Å². The van der Waals surface area contributed by atoms with Crippen LogP contribution in [0.15, 0.2) is 12.4 Å². The Morgan fingerprint density at radius 1 is 1.29 bits per heavy atom. The summed E-state index contributed by atoms with van der Waals surface area (Å²) in [6.07, 6.45) is 7.50. The van der Waals surface area contributed by atoms with Crippen molar-refractivity contribution < 1.29 is 9.47 Å². The molecule has 148 valence electrons. The van der Waals surface area contributed by atoms with Crippen molar-refractivity contribution in [2.45, 2.75) is 64.3 Å². The number of pyridine rings is 1. The van der Waals surface area contributed by atoms with Gasteiger partial charge in [-0.15, -0.1) is 11.3 Å². The Hall–Kier alpha value is -1.83. The highest BCUT2D eigenvalue weighted by Gasteiger charge is 2.28. The second-order valence-electron chi connectivity index (χ2n) is 8.38. The molecule has 0 saturated carbocycles. The minimum atomic E-state index is -0.155. The Morgan fingerprint density at radius 2 is 2.21 bits per heavy atom. The first-order valence-electron chi connectivity index (χ1n) is 10.1. The minimum Gasteiger partial charge on any atom is -0.378 e. The SMILES string of the molecule is CC1(C)Cc2nc3sc4c(NCCC5CCCCO5)ncnc4c3cc2CO1. The number of ether oxygens (including phenoxy) is 2. The predicted molar refractivity (Wildman–Crippen MR) is 112 cm³/mol. The van der Waals surface area contributed by atoms with Crippen LogP contribution in [0.4, 0.5) is 5.82 Å². The molecule has 0 amide bonds. The Kier molecular flexibility index (Phi) is 4.69. The van der Waals surface area contributed by atoms with Crippen molar-refractivity contribution in [2.24, 2.45) is 0 Å². The molecule has 1 atom stereocenters. The maximum atomic E-state index is 5.97. The van der Waals surface area contributed by atoms with Crippen LogP contribution >= 0.6 is 11.3 Å². The van der Waals surface area contributed by atoms with Crippen molar-refractivity contribution >= 4 is 37.6 Å². The smallest absolute Gasteiger partial charge is 0.147 e. The zero-order chi connectivity index (χ0) is 19.1. The van der Waals surface area contributed by atoms with E-state index in [4.69, 9.17) is 14.5 Å². The molecule has 1 fully saturated rings. The van der Waals surface area contributed by atoms with Gasteiger partial charge in [-0.05, 0) is 45.6 Å². The number of nitrogens with zero attached hydrogens (tertiary/aromatic N) is 3. The molecule has 28 heavy (non-hydrogen) atoms. The number of nitrogens with one attached hydrogen (secondary N) is 1. The van der Waals surface area contributed by atoms with E-state index in [1.807, 2.05) is 0 Å². The fraction of sp³-hybridized carbons (Fsp3) is 0.571. The molecule has 1 N–H and O–H groups in total. The Morgan fingerprint density at radius 3 is 3.07 bits per heavy atom. The number of anilines is 1. The Bertz CT molecular complexity index is 1010. The number of hydrogen-bond acceptors (Lipinski definition) is 7. The van der Waals surface area contributed by atoms with Crippen molar-refractivity contribution in [2.75, 3.05) is 18.5 Å². The summed E-state index contributed by atoms with van der Waals surface area (Å²) in [5.41, 5.74) is 3.14. The van der Waals surface area contributed by atoms with Gasteiger partial charge in [0.05, 0.1) is 34.2 Å². The Labute approximate surface area is 168 Å². The van der Waals surface area contributed by atoms with Crippen LogP contribution in [0.1, 0.15) is 50.8 Å². The quantitative estimate of drug-likeness (QED) is 0.700. The predicted octanol–water partition coefficient (Wildman–Crippen LogP) is 4.46. The van der Waals surface area contributed by atoms with E-state index in [9.17, 15) is 0 Å². The molecule has 0 aromatic carbocycles. The standard InChI is InChI=1S/C21H26N4O2S/c1-21(2)10-16-13(11-27-21)9-15-17-18(28-20(15)25-16)19(24-12-23-17)22-7-6-14-5-3-4-8-26-14/h9,12,14H,3-8,10-11H2,1-2H3,(H,22,23,24). The molecule has 1 saturated heterocycles. The zero-order valence-electron chi connectivity index (χ0n) is 16.5. The molecule has 5 heterocycles. The van der Waals surface area contributed by atoms with Crippen LogP contribution in [0, 0.1) is 0 Å². The van der Waals surface area contributed by atoms with Crippen molar-refractivity contribution in [1.29, 1.82) is 0 Å². The highest BCUT2D eigenvalue weighted by molar-refractivity contribution is 7.25. The van der Waals surface area contributed by atoms with E-state index in [0.29, 0.717) is 12.7 Å². The van der Waals surface area contributed by atoms with Gasteiger partial charge < -0.3 is 14.8 Å². The number of rotatable bonds is 4. The van der Waals surface area contributed by atoms with E-state index >= 15 is 0 Å². The van der Waals surface area contributed by atoms with Gasteiger partial charge in [0.15, 0.2) is 0 Å². The third-order valence-electron chi connectivity index (χ3n) is 5.66. The summed E-state index contributed by atoms with van der Waals surface area (Å²) in [5, 5.41) is 4.61. The molecule has 3 aromatic rings. The van der Waals surface area contributed by atoms with Gasteiger partial charge in [0, 0.05) is 30.5 Å². The molecule has 0 radical (unpaired) electrons. The molecular formula is C21H26N4O2S. The van der Waals surface area contributed by atoms with Crippen molar-refractivity contribution in [1.82, 2.24) is 15.0 Å². The van der Waals surface area contributed by atoms with Crippen molar-refractivity contribution in [3.05, 3.63) is 23.7 Å². The lowest BCUT2D eigenvalue weighted by Gasteiger charge is -2.30. The second kappa shape index (κ2) is 7.21. The van der Waals surface area contributed by atoms with Crippen LogP contribution in [-0.4, -0.2) is 39.8 Å². The molecule has 1 unspecified atom stereocenters. The van der Waals surface area contributed by atoms with Crippen LogP contribution in [0.2, 0.25) is 0 Å². The van der Waals surface area contributed by atoms with E-state index in [0.717, 1.165) is 64.4 Å². The molecule has 0 bridgehead atoms. The van der Waals surface area contributed by atoms with Gasteiger partial charge in [0.25, 0.3) is 0 Å². The lowest BCUT2D eigenvalue weighted by atomic mass is 9.95. The van der Waals surface area contributed by atoms with Gasteiger partial charge in [-0.25, -0.2) is 15.0 Å². The van der Waals surface area contributed by atoms with E-state index in [2.05, 4.69) is 35.2 Å². The lowest BCUT2D eigenvalue weighted by molar-refractivity contribution is -0.0411. The molecule has 3 aromatic heterocycles. The first-order valence-corrected chi connectivity index (χ1v) is 11.0. The van der Waals surface area contributed by atoms with Gasteiger partial charge in [-0.3, -0.25) is 0 Å². The molecular weight excluding hydrogens is 372 g/mol. The second-order valence-corrected chi connectivity index (χ2v) is 9.38. The van der Waals surface area contributed by atoms with E-state index < -0.39 is 0 Å². The van der Waals surface area contributed by atoms with Gasteiger partial charge in [-0.2, -0.15) is 0 Å². The maximum Gasteiger partial charge on any atom is 0.147 e. The van der Waals surface area contributed by atoms with Gasteiger partial charge in [0.2, 0.25) is 0 Å². The molecule has 0 spiro atoms. The molecule has 6 nitrogen and oxygen atoms in total. The summed E-state index contributed by atoms with van der Waals surface area (Å²) in [5.74, 6) is 0.901. The topological polar surface area (TPSA) is 69.2 Å². The molecule has 2 aliphatic rings. The van der Waals surface area contributed by atoms with Gasteiger partial charge in [0.1, 0.15) is 17.0 Å². The minimum absolute atomic E-state index is 0.155. The van der Waals surface area contributed by atoms with Crippen LogP contribution < -0.4 is 5.32 Å². The fourth-order valence-corrected chi connectivity index (χ4v) is 5.19. The number of aromatic nitrogens is 3. The zero-order valence-corrected chi connectivity index (χ0v) is 17.3. The maximum absolute atomic E-state index is 5.97. The van der Waals surface area contributed by atoms with Crippen LogP contribution in [0.25, 0.3) is 20.4 Å². The summed E-state index contributed by atoms with van der Waals surface area (Å²) >= 11 is 1.68. The lowest BCUT2D eigenvalue weighted by Crippen LogP contribution is -2.32. The summed E-state index contributed by atoms with van der Waals surface area (Å²) in [4.78, 5) is 15.1. The molecule has 5 rings (SSSR count). The van der Waals surface area contributed by atoms with Gasteiger partial charge in [-0.1, -0.05) is 0 Å². The third kappa shape index (κ3) is 3.47. The summed E-state index contributed by atoms with van der Waals surface area (Å²) in [7, 11) is 0. The summed E-state index contributed by atoms with van der Waals surface area (Å²) in [6, 6.07) is 2.21. The van der Waals surface area contributed by atoms with Crippen LogP contribution in [0.5, 0.6) is 0 Å².